The normalized spacial score (nSPS) is 20.1. The number of allylic oxidation sites excluding steroid dienone is 1. The number of carbonyl (C=O) groups excluding carboxylic acids is 1. The summed E-state index contributed by atoms with van der Waals surface area (Å²) < 4.78 is 41.8. The van der Waals surface area contributed by atoms with Gasteiger partial charge < -0.3 is 19.5 Å². The molecule has 3 aliphatic heterocycles. The van der Waals surface area contributed by atoms with E-state index in [1.807, 2.05) is 48.2 Å². The van der Waals surface area contributed by atoms with Crippen molar-refractivity contribution in [3.05, 3.63) is 111 Å². The number of aromatic amines is 1. The minimum absolute atomic E-state index is 0.0967. The van der Waals surface area contributed by atoms with Crippen LogP contribution >= 0.6 is 19.3 Å². The quantitative estimate of drug-likeness (QED) is 0.0468. The number of carbonyl (C=O) groups is 1. The Morgan fingerprint density at radius 1 is 1.03 bits per heavy atom. The average molecular weight is 988 g/mol. The second-order valence-corrected chi connectivity index (χ2v) is 24.5. The van der Waals surface area contributed by atoms with Crippen LogP contribution in [-0.2, 0) is 14.5 Å². The van der Waals surface area contributed by atoms with E-state index in [2.05, 4.69) is 50.8 Å². The zero-order chi connectivity index (χ0) is 47.8. The summed E-state index contributed by atoms with van der Waals surface area (Å²) in [7, 11) is -7.31. The monoisotopic (exact) mass is 986 g/mol. The van der Waals surface area contributed by atoms with Gasteiger partial charge in [0.05, 0.1) is 17.8 Å². The standard InChI is InChI=1S/C49H60ClN8O8PS/c1-4-66-67(62)25-15-33(16-26-67)31-52-42-12-10-39(29-44(42)58(60)61)68(63,64)54-47(59)40-11-9-38(28-43(40)57-23-24-65-48-45(57)27-35-14-18-51-46(35)53-48)56-21-19-55(20-22-56)32-36-13-17-49(2,3)30-41(36)34-5-7-37(50)8-6-34/h5-12,14,18,27-29,33,52,62,67H,4,13,15-17,19-26,30-32H2,1-3H3,(H,51,53)(H,54,59). The molecule has 362 valence electrons. The van der Waals surface area contributed by atoms with Gasteiger partial charge in [0.25, 0.3) is 0 Å². The summed E-state index contributed by atoms with van der Waals surface area (Å²) in [5.41, 5.74) is 6.78. The molecule has 2 fully saturated rings. The van der Waals surface area contributed by atoms with Crippen LogP contribution in [-0.4, -0.2) is 110 Å². The first-order valence-corrected chi connectivity index (χ1v) is 27.6. The van der Waals surface area contributed by atoms with Gasteiger partial charge in [-0.3, -0.25) is 9.69 Å². The number of nitrogens with zero attached hydrogens (tertiary/aromatic N) is 5. The van der Waals surface area contributed by atoms with E-state index in [1.54, 1.807) is 12.3 Å². The number of benzene rings is 3. The number of amides is 1. The number of hydrogen-bond donors (Lipinski definition) is 4. The number of nitrogens with one attached hydrogen (secondary N) is 3. The van der Waals surface area contributed by atoms with Crippen molar-refractivity contribution in [2.24, 2.45) is 11.3 Å². The van der Waals surface area contributed by atoms with Gasteiger partial charge in [-0.2, -0.15) is 4.98 Å². The summed E-state index contributed by atoms with van der Waals surface area (Å²) in [4.78, 5) is 50.9. The SMILES string of the molecule is CCO[PH]1(O)CCC(CNc2ccc(S(=O)(=O)NC(=O)c3ccc(N4CCN(CC5=C(c6ccc(Cl)cc6)CC(C)(C)CC5)CC4)cc3N3CCOc4nc5[nH]ccc5cc43)cc2[N+](=O)[O-])CC1. The minimum atomic E-state index is -4.60. The Bertz CT molecular complexity index is 2840. The maximum atomic E-state index is 14.4. The summed E-state index contributed by atoms with van der Waals surface area (Å²) in [5.74, 6) is -0.356. The number of aromatic nitrogens is 2. The number of halogens is 1. The summed E-state index contributed by atoms with van der Waals surface area (Å²) in [6.45, 7) is 12.1. The van der Waals surface area contributed by atoms with Gasteiger partial charge in [0, 0.05) is 55.0 Å². The molecule has 0 radical (unpaired) electrons. The predicted molar refractivity (Wildman–Crippen MR) is 271 cm³/mol. The van der Waals surface area contributed by atoms with Crippen LogP contribution in [0, 0.1) is 21.4 Å². The number of nitro benzene ring substituents is 1. The fourth-order valence-electron chi connectivity index (χ4n) is 10.1. The van der Waals surface area contributed by atoms with Crippen molar-refractivity contribution in [3.8, 4) is 5.88 Å². The van der Waals surface area contributed by atoms with E-state index in [1.165, 1.54) is 28.8 Å². The summed E-state index contributed by atoms with van der Waals surface area (Å²) in [5, 5.41) is 17.0. The third kappa shape index (κ3) is 10.5. The van der Waals surface area contributed by atoms with Crippen molar-refractivity contribution in [2.75, 3.05) is 86.5 Å². The van der Waals surface area contributed by atoms with Crippen LogP contribution in [0.25, 0.3) is 16.6 Å². The molecule has 0 bridgehead atoms. The van der Waals surface area contributed by atoms with Crippen LogP contribution < -0.4 is 24.6 Å². The second kappa shape index (κ2) is 19.6. The number of pyridine rings is 1. The molecule has 68 heavy (non-hydrogen) atoms. The van der Waals surface area contributed by atoms with E-state index >= 15 is 0 Å². The fraction of sp³-hybridized carbons (Fsp3) is 0.429. The van der Waals surface area contributed by atoms with E-state index in [-0.39, 0.29) is 29.2 Å². The average Bonchev–Trinajstić information content (AvgIpc) is 3.78. The number of sulfonamides is 1. The zero-order valence-electron chi connectivity index (χ0n) is 38.7. The molecule has 1 aliphatic carbocycles. The Morgan fingerprint density at radius 2 is 1.79 bits per heavy atom. The van der Waals surface area contributed by atoms with Gasteiger partial charge in [-0.1, -0.05) is 43.2 Å². The Balaban J connectivity index is 0.951. The molecule has 2 saturated heterocycles. The maximum absolute atomic E-state index is 14.4. The van der Waals surface area contributed by atoms with Crippen LogP contribution in [0.5, 0.6) is 5.88 Å². The molecule has 0 spiro atoms. The van der Waals surface area contributed by atoms with Gasteiger partial charge in [0.15, 0.2) is 0 Å². The number of hydrogen-bond acceptors (Lipinski definition) is 13. The number of fused-ring (bicyclic) bond motifs is 2. The van der Waals surface area contributed by atoms with E-state index in [0.717, 1.165) is 87.0 Å². The molecule has 5 aromatic rings. The van der Waals surface area contributed by atoms with Crippen LogP contribution in [0.4, 0.5) is 28.4 Å². The molecule has 19 heteroatoms. The molecule has 16 nitrogen and oxygen atoms in total. The molecule has 1 amide bonds. The number of piperazine rings is 1. The van der Waals surface area contributed by atoms with Crippen molar-refractivity contribution >= 4 is 80.3 Å². The fourth-order valence-corrected chi connectivity index (χ4v) is 14.0. The summed E-state index contributed by atoms with van der Waals surface area (Å²) in [6, 6.07) is 21.0. The van der Waals surface area contributed by atoms with Gasteiger partial charge in [-0.25, -0.2) is 0 Å². The van der Waals surface area contributed by atoms with Crippen LogP contribution in [0.3, 0.4) is 0 Å². The Hall–Kier alpha value is -5.29. The molecule has 0 saturated carbocycles. The Morgan fingerprint density at radius 3 is 2.53 bits per heavy atom. The molecule has 4 aliphatic rings. The molecular weight excluding hydrogens is 927 g/mol. The molecular formula is C49H60ClN8O8PS. The molecule has 4 N–H and O–H groups in total. The van der Waals surface area contributed by atoms with E-state index in [0.29, 0.717) is 54.9 Å². The van der Waals surface area contributed by atoms with E-state index < -0.39 is 39.2 Å². The van der Waals surface area contributed by atoms with Gasteiger partial charge in [-0.05, 0) is 78.3 Å². The molecule has 5 heterocycles. The van der Waals surface area contributed by atoms with E-state index in [9.17, 15) is 28.2 Å². The van der Waals surface area contributed by atoms with Crippen LogP contribution in [0.1, 0.15) is 68.8 Å². The molecule has 2 aromatic heterocycles. The molecule has 3 aromatic carbocycles. The van der Waals surface area contributed by atoms with Crippen molar-refractivity contribution in [2.45, 2.75) is 57.8 Å². The van der Waals surface area contributed by atoms with Gasteiger partial charge >= 0.3 is 152 Å². The molecule has 0 unspecified atom stereocenters. The van der Waals surface area contributed by atoms with Crippen molar-refractivity contribution in [1.82, 2.24) is 19.6 Å². The second-order valence-electron chi connectivity index (χ2n) is 19.2. The van der Waals surface area contributed by atoms with Crippen LogP contribution in [0.2, 0.25) is 5.02 Å². The number of anilines is 4. The third-order valence-electron chi connectivity index (χ3n) is 14.0. The first-order valence-electron chi connectivity index (χ1n) is 23.5. The third-order valence-corrected chi connectivity index (χ3v) is 18.5. The first-order chi connectivity index (χ1) is 32.6. The number of rotatable bonds is 14. The number of nitro groups is 1. The van der Waals surface area contributed by atoms with Gasteiger partial charge in [0.1, 0.15) is 17.9 Å². The Labute approximate surface area is 402 Å². The van der Waals surface area contributed by atoms with Crippen molar-refractivity contribution < 1.29 is 32.3 Å². The molecule has 0 atom stereocenters. The van der Waals surface area contributed by atoms with Crippen molar-refractivity contribution in [3.63, 3.8) is 0 Å². The van der Waals surface area contributed by atoms with Gasteiger partial charge in [-0.15, -0.1) is 0 Å². The van der Waals surface area contributed by atoms with E-state index in [4.69, 9.17) is 25.8 Å². The van der Waals surface area contributed by atoms with Crippen molar-refractivity contribution in [1.29, 1.82) is 0 Å². The predicted octanol–water partition coefficient (Wildman–Crippen LogP) is 8.99. The summed E-state index contributed by atoms with van der Waals surface area (Å²) in [6.07, 6.45) is 7.59. The van der Waals surface area contributed by atoms with Gasteiger partial charge in [0.2, 0.25) is 5.88 Å². The first kappa shape index (κ1) is 47.8. The number of H-pyrrole nitrogens is 1. The Kier molecular flexibility index (Phi) is 13.8. The van der Waals surface area contributed by atoms with Crippen LogP contribution in [0.15, 0.2) is 89.5 Å². The number of ether oxygens (including phenoxy) is 1. The summed E-state index contributed by atoms with van der Waals surface area (Å²) >= 11 is 6.27. The zero-order valence-corrected chi connectivity index (χ0v) is 41.3. The molecule has 9 rings (SSSR count). The topological polar surface area (TPSA) is 195 Å².